The fourth-order valence-electron chi connectivity index (χ4n) is 1.96. The molecule has 0 saturated heterocycles. The van der Waals surface area contributed by atoms with Crippen LogP contribution < -0.4 is 10.5 Å². The van der Waals surface area contributed by atoms with E-state index in [1.807, 2.05) is 19.1 Å². The van der Waals surface area contributed by atoms with E-state index in [0.29, 0.717) is 20.3 Å². The zero-order chi connectivity index (χ0) is 15.6. The third-order valence-electron chi connectivity index (χ3n) is 2.93. The van der Waals surface area contributed by atoms with Crippen LogP contribution in [-0.4, -0.2) is 8.42 Å². The number of aryl methyl sites for hydroxylation is 1. The number of nitrogen functional groups attached to an aromatic ring is 1. The molecule has 0 aliphatic heterocycles. The molecule has 0 radical (unpaired) electrons. The molecule has 0 fully saturated rings. The van der Waals surface area contributed by atoms with Crippen molar-refractivity contribution in [2.45, 2.75) is 18.2 Å². The van der Waals surface area contributed by atoms with Crippen molar-refractivity contribution in [2.24, 2.45) is 0 Å². The summed E-state index contributed by atoms with van der Waals surface area (Å²) in [6, 6.07) is 10.4. The molecule has 2 aromatic carbocycles. The normalized spacial score (nSPS) is 11.4. The number of hydrogen-bond acceptors (Lipinski definition) is 3. The smallest absolute Gasteiger partial charge is 0.264 e. The van der Waals surface area contributed by atoms with E-state index in [2.05, 4.69) is 36.6 Å². The Morgan fingerprint density at radius 3 is 2.29 bits per heavy atom. The predicted molar refractivity (Wildman–Crippen MR) is 92.9 cm³/mol. The highest BCUT2D eigenvalue weighted by Crippen LogP contribution is 2.34. The van der Waals surface area contributed by atoms with Crippen LogP contribution in [0.3, 0.4) is 0 Å². The highest BCUT2D eigenvalue weighted by molar-refractivity contribution is 9.11. The third kappa shape index (κ3) is 3.59. The van der Waals surface area contributed by atoms with Gasteiger partial charge in [0.1, 0.15) is 4.90 Å². The van der Waals surface area contributed by atoms with Crippen LogP contribution in [0.2, 0.25) is 0 Å². The molecule has 0 saturated carbocycles. The fraction of sp³-hybridized carbons (Fsp3) is 0.143. The quantitative estimate of drug-likeness (QED) is 0.711. The van der Waals surface area contributed by atoms with E-state index in [1.165, 1.54) is 0 Å². The van der Waals surface area contributed by atoms with Gasteiger partial charge in [-0.3, -0.25) is 4.72 Å². The number of halogens is 2. The Morgan fingerprint density at radius 2 is 1.71 bits per heavy atom. The van der Waals surface area contributed by atoms with Crippen molar-refractivity contribution in [1.82, 2.24) is 0 Å². The Kier molecular flexibility index (Phi) is 4.95. The number of nitrogens with two attached hydrogens (primary N) is 1. The highest BCUT2D eigenvalue weighted by atomic mass is 79.9. The second kappa shape index (κ2) is 6.37. The van der Waals surface area contributed by atoms with Gasteiger partial charge < -0.3 is 5.73 Å². The number of nitrogens with one attached hydrogen (secondary N) is 1. The molecule has 0 unspecified atom stereocenters. The molecular formula is C14H14Br2N2O2S. The van der Waals surface area contributed by atoms with Crippen LogP contribution in [0.1, 0.15) is 12.5 Å². The molecule has 0 aliphatic rings. The summed E-state index contributed by atoms with van der Waals surface area (Å²) >= 11 is 6.51. The van der Waals surface area contributed by atoms with Gasteiger partial charge in [0.2, 0.25) is 0 Å². The number of para-hydroxylation sites is 1. The minimum atomic E-state index is -3.72. The minimum Gasteiger partial charge on any atom is -0.399 e. The zero-order valence-corrected chi connectivity index (χ0v) is 15.2. The topological polar surface area (TPSA) is 72.2 Å². The monoisotopic (exact) mass is 432 g/mol. The van der Waals surface area contributed by atoms with Gasteiger partial charge in [0.25, 0.3) is 10.0 Å². The van der Waals surface area contributed by atoms with Gasteiger partial charge >= 0.3 is 0 Å². The van der Waals surface area contributed by atoms with Crippen LogP contribution in [0, 0.1) is 0 Å². The van der Waals surface area contributed by atoms with E-state index < -0.39 is 10.0 Å². The largest absolute Gasteiger partial charge is 0.399 e. The zero-order valence-electron chi connectivity index (χ0n) is 11.2. The van der Waals surface area contributed by atoms with Gasteiger partial charge in [0, 0.05) is 14.6 Å². The number of benzene rings is 2. The molecule has 2 aromatic rings. The average molecular weight is 434 g/mol. The summed E-state index contributed by atoms with van der Waals surface area (Å²) in [4.78, 5) is 0.127. The molecule has 7 heteroatoms. The lowest BCUT2D eigenvalue weighted by Crippen LogP contribution is -2.15. The molecule has 112 valence electrons. The lowest BCUT2D eigenvalue weighted by molar-refractivity contribution is 0.600. The van der Waals surface area contributed by atoms with E-state index >= 15 is 0 Å². The molecule has 0 aliphatic carbocycles. The maximum Gasteiger partial charge on any atom is 0.264 e. The molecule has 0 bridgehead atoms. The third-order valence-corrected chi connectivity index (χ3v) is 6.17. The van der Waals surface area contributed by atoms with Gasteiger partial charge in [0.15, 0.2) is 0 Å². The molecule has 0 spiro atoms. The molecule has 3 N–H and O–H groups in total. The van der Waals surface area contributed by atoms with Gasteiger partial charge in [-0.15, -0.1) is 0 Å². The summed E-state index contributed by atoms with van der Waals surface area (Å²) < 4.78 is 28.7. The van der Waals surface area contributed by atoms with Gasteiger partial charge in [-0.25, -0.2) is 8.42 Å². The van der Waals surface area contributed by atoms with E-state index in [0.717, 1.165) is 12.0 Å². The van der Waals surface area contributed by atoms with Crippen molar-refractivity contribution >= 4 is 53.3 Å². The number of hydrogen-bond donors (Lipinski definition) is 2. The lowest BCUT2D eigenvalue weighted by Gasteiger charge is -2.14. The van der Waals surface area contributed by atoms with Crippen molar-refractivity contribution < 1.29 is 8.42 Å². The summed E-state index contributed by atoms with van der Waals surface area (Å²) in [6.45, 7) is 1.97. The molecule has 0 aromatic heterocycles. The second-order valence-corrected chi connectivity index (χ2v) is 7.76. The molecular weight excluding hydrogens is 420 g/mol. The van der Waals surface area contributed by atoms with Crippen LogP contribution >= 0.6 is 31.9 Å². The van der Waals surface area contributed by atoms with E-state index in [9.17, 15) is 8.42 Å². The Morgan fingerprint density at radius 1 is 1.14 bits per heavy atom. The Balaban J connectivity index is 2.49. The first-order valence-electron chi connectivity index (χ1n) is 6.20. The standard InChI is InChI=1S/C14H14Br2N2O2S/c1-2-9-5-3-4-6-13(9)18-21(19,20)14-11(15)7-10(17)8-12(14)16/h3-8,18H,2,17H2,1H3. The lowest BCUT2D eigenvalue weighted by atomic mass is 10.1. The first-order chi connectivity index (χ1) is 9.85. The summed E-state index contributed by atoms with van der Waals surface area (Å²) in [5.41, 5.74) is 7.68. The fourth-order valence-corrected chi connectivity index (χ4v) is 5.68. The summed E-state index contributed by atoms with van der Waals surface area (Å²) in [5, 5.41) is 0. The van der Waals surface area contributed by atoms with E-state index in [1.54, 1.807) is 24.3 Å². The molecule has 21 heavy (non-hydrogen) atoms. The van der Waals surface area contributed by atoms with Crippen molar-refractivity contribution in [3.05, 3.63) is 50.9 Å². The molecule has 4 nitrogen and oxygen atoms in total. The van der Waals surface area contributed by atoms with Crippen LogP contribution in [-0.2, 0) is 16.4 Å². The highest BCUT2D eigenvalue weighted by Gasteiger charge is 2.22. The van der Waals surface area contributed by atoms with Crippen LogP contribution in [0.25, 0.3) is 0 Å². The molecule has 2 rings (SSSR count). The van der Waals surface area contributed by atoms with Crippen molar-refractivity contribution in [3.8, 4) is 0 Å². The molecule has 0 atom stereocenters. The Labute approximate surface area is 141 Å². The number of rotatable bonds is 4. The van der Waals surface area contributed by atoms with E-state index in [4.69, 9.17) is 5.73 Å². The Bertz CT molecular complexity index is 753. The summed E-state index contributed by atoms with van der Waals surface area (Å²) in [7, 11) is -3.72. The van der Waals surface area contributed by atoms with Crippen LogP contribution in [0.4, 0.5) is 11.4 Å². The maximum atomic E-state index is 12.6. The van der Waals surface area contributed by atoms with Gasteiger partial charge in [-0.1, -0.05) is 25.1 Å². The summed E-state index contributed by atoms with van der Waals surface area (Å²) in [6.07, 6.45) is 0.739. The first kappa shape index (κ1) is 16.3. The SMILES string of the molecule is CCc1ccccc1NS(=O)(=O)c1c(Br)cc(N)cc1Br. The van der Waals surface area contributed by atoms with Gasteiger partial charge in [-0.05, 0) is 62.0 Å². The van der Waals surface area contributed by atoms with Crippen molar-refractivity contribution in [2.75, 3.05) is 10.5 Å². The molecule has 0 amide bonds. The van der Waals surface area contributed by atoms with Crippen molar-refractivity contribution in [1.29, 1.82) is 0 Å². The molecule has 0 heterocycles. The second-order valence-electron chi connectivity index (χ2n) is 4.43. The average Bonchev–Trinajstić information content (AvgIpc) is 2.37. The number of anilines is 2. The maximum absolute atomic E-state index is 12.6. The first-order valence-corrected chi connectivity index (χ1v) is 9.27. The van der Waals surface area contributed by atoms with Gasteiger partial charge in [-0.2, -0.15) is 0 Å². The predicted octanol–water partition coefficient (Wildman–Crippen LogP) is 4.16. The Hall–Kier alpha value is -1.05. The van der Waals surface area contributed by atoms with Crippen LogP contribution in [0.15, 0.2) is 50.2 Å². The minimum absolute atomic E-state index is 0.127. The number of sulfonamides is 1. The van der Waals surface area contributed by atoms with Crippen LogP contribution in [0.5, 0.6) is 0 Å². The van der Waals surface area contributed by atoms with Gasteiger partial charge in [0.05, 0.1) is 5.69 Å². The summed E-state index contributed by atoms with van der Waals surface area (Å²) in [5.74, 6) is 0. The van der Waals surface area contributed by atoms with E-state index in [-0.39, 0.29) is 4.90 Å². The van der Waals surface area contributed by atoms with Crippen molar-refractivity contribution in [3.63, 3.8) is 0 Å².